The Morgan fingerprint density at radius 1 is 1.39 bits per heavy atom. The molecule has 0 fully saturated rings. The second-order valence-electron chi connectivity index (χ2n) is 5.85. The van der Waals surface area contributed by atoms with Crippen molar-refractivity contribution in [1.29, 1.82) is 5.26 Å². The summed E-state index contributed by atoms with van der Waals surface area (Å²) in [5.41, 5.74) is 1.61. The first-order valence-corrected chi connectivity index (χ1v) is 6.13. The summed E-state index contributed by atoms with van der Waals surface area (Å²) in [5.74, 6) is 0. The van der Waals surface area contributed by atoms with E-state index in [0.717, 1.165) is 11.3 Å². The Morgan fingerprint density at radius 2 is 1.94 bits per heavy atom. The van der Waals surface area contributed by atoms with E-state index in [9.17, 15) is 5.11 Å². The number of aromatic nitrogens is 1. The van der Waals surface area contributed by atoms with Crippen molar-refractivity contribution in [3.8, 4) is 6.07 Å². The molecule has 0 radical (unpaired) electrons. The fraction of sp³-hybridized carbons (Fsp3) is 0.643. The van der Waals surface area contributed by atoms with Crippen LogP contribution in [-0.2, 0) is 13.6 Å². The summed E-state index contributed by atoms with van der Waals surface area (Å²) >= 11 is 0. The Morgan fingerprint density at radius 3 is 2.33 bits per heavy atom. The first kappa shape index (κ1) is 14.7. The van der Waals surface area contributed by atoms with Crippen LogP contribution in [0.4, 0.5) is 0 Å². The van der Waals surface area contributed by atoms with Crippen molar-refractivity contribution < 1.29 is 5.11 Å². The van der Waals surface area contributed by atoms with Gasteiger partial charge < -0.3 is 15.0 Å². The fourth-order valence-electron chi connectivity index (χ4n) is 1.58. The molecule has 0 saturated carbocycles. The zero-order chi connectivity index (χ0) is 14.1. The minimum Gasteiger partial charge on any atom is -0.389 e. The fourth-order valence-corrected chi connectivity index (χ4v) is 1.58. The highest BCUT2D eigenvalue weighted by Gasteiger charge is 2.34. The molecule has 0 atom stereocenters. The van der Waals surface area contributed by atoms with Crippen LogP contribution in [0, 0.1) is 18.3 Å². The highest BCUT2D eigenvalue weighted by molar-refractivity contribution is 5.34. The standard InChI is InChI=1S/C14H23N3O/c1-10-11(7-12(8-15)17(10)6)9-16-13(2,3)14(4,5)18/h7,16,18H,9H2,1-6H3. The van der Waals surface area contributed by atoms with Crippen molar-refractivity contribution in [1.82, 2.24) is 9.88 Å². The van der Waals surface area contributed by atoms with Crippen LogP contribution in [0.15, 0.2) is 6.07 Å². The normalized spacial score (nSPS) is 12.6. The van der Waals surface area contributed by atoms with E-state index in [1.807, 2.05) is 38.5 Å². The van der Waals surface area contributed by atoms with Crippen LogP contribution in [0.1, 0.15) is 44.6 Å². The van der Waals surface area contributed by atoms with E-state index in [-0.39, 0.29) is 0 Å². The molecule has 100 valence electrons. The lowest BCUT2D eigenvalue weighted by Gasteiger charge is -2.38. The summed E-state index contributed by atoms with van der Waals surface area (Å²) in [6.45, 7) is 10.2. The van der Waals surface area contributed by atoms with Gasteiger partial charge in [-0.25, -0.2) is 0 Å². The number of aliphatic hydroxyl groups is 1. The predicted molar refractivity (Wildman–Crippen MR) is 72.1 cm³/mol. The third-order valence-electron chi connectivity index (χ3n) is 4.00. The van der Waals surface area contributed by atoms with Gasteiger partial charge in [0.25, 0.3) is 0 Å². The Kier molecular flexibility index (Phi) is 3.89. The first-order chi connectivity index (χ1) is 8.10. The average Bonchev–Trinajstić information content (AvgIpc) is 2.52. The number of hydrogen-bond donors (Lipinski definition) is 2. The molecule has 0 amide bonds. The quantitative estimate of drug-likeness (QED) is 0.856. The molecule has 0 bridgehead atoms. The van der Waals surface area contributed by atoms with Crippen molar-refractivity contribution >= 4 is 0 Å². The predicted octanol–water partition coefficient (Wildman–Crippen LogP) is 1.84. The molecular weight excluding hydrogens is 226 g/mol. The number of nitriles is 1. The van der Waals surface area contributed by atoms with Crippen LogP contribution in [-0.4, -0.2) is 20.8 Å². The molecule has 0 aliphatic rings. The summed E-state index contributed by atoms with van der Waals surface area (Å²) < 4.78 is 1.88. The highest BCUT2D eigenvalue weighted by Crippen LogP contribution is 2.22. The van der Waals surface area contributed by atoms with Crippen molar-refractivity contribution in [2.24, 2.45) is 7.05 Å². The minimum atomic E-state index is -0.812. The minimum absolute atomic E-state index is 0.401. The summed E-state index contributed by atoms with van der Waals surface area (Å²) in [6, 6.07) is 4.06. The molecule has 0 aliphatic heterocycles. The molecular formula is C14H23N3O. The number of hydrogen-bond acceptors (Lipinski definition) is 3. The Labute approximate surface area is 109 Å². The lowest BCUT2D eigenvalue weighted by atomic mass is 9.86. The lowest BCUT2D eigenvalue weighted by Crippen LogP contribution is -2.55. The molecule has 0 aliphatic carbocycles. The van der Waals surface area contributed by atoms with Gasteiger partial charge in [-0.2, -0.15) is 5.26 Å². The Balaban J connectivity index is 2.86. The van der Waals surface area contributed by atoms with E-state index in [1.165, 1.54) is 0 Å². The highest BCUT2D eigenvalue weighted by atomic mass is 16.3. The van der Waals surface area contributed by atoms with Crippen LogP contribution in [0.2, 0.25) is 0 Å². The van der Waals surface area contributed by atoms with E-state index >= 15 is 0 Å². The zero-order valence-electron chi connectivity index (χ0n) is 12.1. The smallest absolute Gasteiger partial charge is 0.120 e. The number of rotatable bonds is 4. The van der Waals surface area contributed by atoms with Crippen LogP contribution < -0.4 is 5.32 Å². The van der Waals surface area contributed by atoms with Gasteiger partial charge >= 0.3 is 0 Å². The Bertz CT molecular complexity index is 472. The average molecular weight is 249 g/mol. The third-order valence-corrected chi connectivity index (χ3v) is 4.00. The van der Waals surface area contributed by atoms with Crippen LogP contribution in [0.5, 0.6) is 0 Å². The molecule has 4 nitrogen and oxygen atoms in total. The second kappa shape index (κ2) is 4.75. The van der Waals surface area contributed by atoms with Crippen LogP contribution in [0.3, 0.4) is 0 Å². The topological polar surface area (TPSA) is 61.0 Å². The maximum Gasteiger partial charge on any atom is 0.120 e. The van der Waals surface area contributed by atoms with Gasteiger partial charge in [0.2, 0.25) is 0 Å². The summed E-state index contributed by atoms with van der Waals surface area (Å²) in [5, 5.41) is 22.4. The first-order valence-electron chi connectivity index (χ1n) is 6.13. The van der Waals surface area contributed by atoms with Gasteiger partial charge in [-0.05, 0) is 46.2 Å². The van der Waals surface area contributed by atoms with E-state index in [1.54, 1.807) is 13.8 Å². The van der Waals surface area contributed by atoms with Gasteiger partial charge in [0.05, 0.1) is 5.60 Å². The molecule has 1 aromatic heterocycles. The van der Waals surface area contributed by atoms with Gasteiger partial charge in [0, 0.05) is 24.8 Å². The van der Waals surface area contributed by atoms with Crippen molar-refractivity contribution in [3.63, 3.8) is 0 Å². The summed E-state index contributed by atoms with van der Waals surface area (Å²) in [6.07, 6.45) is 0. The largest absolute Gasteiger partial charge is 0.389 e. The van der Waals surface area contributed by atoms with E-state index in [2.05, 4.69) is 11.4 Å². The Hall–Kier alpha value is -1.31. The van der Waals surface area contributed by atoms with Crippen molar-refractivity contribution in [2.75, 3.05) is 0 Å². The van der Waals surface area contributed by atoms with E-state index in [0.29, 0.717) is 12.2 Å². The maximum absolute atomic E-state index is 10.1. The molecule has 0 spiro atoms. The van der Waals surface area contributed by atoms with Crippen molar-refractivity contribution in [3.05, 3.63) is 23.0 Å². The van der Waals surface area contributed by atoms with Crippen LogP contribution in [0.25, 0.3) is 0 Å². The van der Waals surface area contributed by atoms with Gasteiger partial charge in [-0.3, -0.25) is 0 Å². The molecule has 0 aromatic carbocycles. The number of nitrogens with zero attached hydrogens (tertiary/aromatic N) is 2. The molecule has 4 heteroatoms. The maximum atomic E-state index is 10.1. The van der Waals surface area contributed by atoms with E-state index < -0.39 is 11.1 Å². The summed E-state index contributed by atoms with van der Waals surface area (Å²) in [7, 11) is 1.89. The van der Waals surface area contributed by atoms with Crippen molar-refractivity contribution in [2.45, 2.75) is 52.3 Å². The van der Waals surface area contributed by atoms with E-state index in [4.69, 9.17) is 5.26 Å². The van der Waals surface area contributed by atoms with Gasteiger partial charge in [-0.1, -0.05) is 0 Å². The molecule has 18 heavy (non-hydrogen) atoms. The third kappa shape index (κ3) is 2.74. The molecule has 2 N–H and O–H groups in total. The molecule has 0 unspecified atom stereocenters. The molecule has 1 heterocycles. The molecule has 1 rings (SSSR count). The van der Waals surface area contributed by atoms with Gasteiger partial charge in [0.1, 0.15) is 11.8 Å². The van der Waals surface area contributed by atoms with Crippen LogP contribution >= 0.6 is 0 Å². The molecule has 1 aromatic rings. The SMILES string of the molecule is Cc1c(CNC(C)(C)C(C)(C)O)cc(C#N)n1C. The summed E-state index contributed by atoms with van der Waals surface area (Å²) in [4.78, 5) is 0. The number of nitrogens with one attached hydrogen (secondary N) is 1. The second-order valence-corrected chi connectivity index (χ2v) is 5.85. The van der Waals surface area contributed by atoms with Gasteiger partial charge in [-0.15, -0.1) is 0 Å². The lowest BCUT2D eigenvalue weighted by molar-refractivity contribution is -0.00534. The van der Waals surface area contributed by atoms with Gasteiger partial charge in [0.15, 0.2) is 0 Å². The monoisotopic (exact) mass is 249 g/mol. The zero-order valence-corrected chi connectivity index (χ0v) is 12.1. The molecule has 0 saturated heterocycles.